The fourth-order valence-corrected chi connectivity index (χ4v) is 3.49. The molecule has 2 aromatic heterocycles. The van der Waals surface area contributed by atoms with E-state index in [1.807, 2.05) is 42.5 Å². The number of H-pyrrole nitrogens is 1. The van der Waals surface area contributed by atoms with Crippen molar-refractivity contribution in [2.75, 3.05) is 27.4 Å². The number of ether oxygens (including phenoxy) is 2. The Balaban J connectivity index is 2.03. The van der Waals surface area contributed by atoms with Crippen LogP contribution >= 0.6 is 0 Å². The van der Waals surface area contributed by atoms with Crippen LogP contribution in [0.3, 0.4) is 0 Å². The Bertz CT molecular complexity index is 1200. The van der Waals surface area contributed by atoms with Crippen molar-refractivity contribution in [3.05, 3.63) is 54.2 Å². The van der Waals surface area contributed by atoms with Crippen LogP contribution in [0.25, 0.3) is 33.1 Å². The number of carbonyl (C=O) groups excluding carboxylic acids is 1. The molecule has 0 aliphatic heterocycles. The van der Waals surface area contributed by atoms with Gasteiger partial charge >= 0.3 is 0 Å². The first kappa shape index (κ1) is 18.8. The number of carbonyl (C=O) groups is 1. The number of amides is 1. The first-order valence-corrected chi connectivity index (χ1v) is 9.19. The third-order valence-corrected chi connectivity index (χ3v) is 4.78. The Kier molecular flexibility index (Phi) is 5.05. The summed E-state index contributed by atoms with van der Waals surface area (Å²) in [4.78, 5) is 20.7. The molecule has 0 spiro atoms. The van der Waals surface area contributed by atoms with Crippen molar-refractivity contribution in [3.8, 4) is 22.8 Å². The van der Waals surface area contributed by atoms with E-state index in [0.29, 0.717) is 22.8 Å². The Morgan fingerprint density at radius 3 is 2.69 bits per heavy atom. The highest BCUT2D eigenvalue weighted by molar-refractivity contribution is 6.13. The number of hydrogen-bond donors (Lipinski definition) is 3. The zero-order valence-corrected chi connectivity index (χ0v) is 16.2. The maximum Gasteiger partial charge on any atom is 0.270 e. The molecule has 3 N–H and O–H groups in total. The molecule has 4 rings (SSSR count). The number of nitrogens with zero attached hydrogens (tertiary/aromatic N) is 1. The normalized spacial score (nSPS) is 11.0. The second-order valence-corrected chi connectivity index (χ2v) is 6.47. The number of methoxy groups -OCH3 is 2. The van der Waals surface area contributed by atoms with Crippen LogP contribution in [0.5, 0.6) is 11.5 Å². The summed E-state index contributed by atoms with van der Waals surface area (Å²) in [6, 6.07) is 15.2. The van der Waals surface area contributed by atoms with Gasteiger partial charge in [-0.3, -0.25) is 4.79 Å². The van der Waals surface area contributed by atoms with Gasteiger partial charge in [-0.15, -0.1) is 0 Å². The summed E-state index contributed by atoms with van der Waals surface area (Å²) >= 11 is 0. The van der Waals surface area contributed by atoms with Crippen LogP contribution in [0.1, 0.15) is 10.5 Å². The van der Waals surface area contributed by atoms with E-state index in [9.17, 15) is 4.79 Å². The number of aromatic amines is 1. The molecule has 2 aromatic carbocycles. The minimum absolute atomic E-state index is 0.141. The van der Waals surface area contributed by atoms with Gasteiger partial charge in [0.2, 0.25) is 0 Å². The Labute approximate surface area is 167 Å². The Morgan fingerprint density at radius 2 is 1.93 bits per heavy atom. The van der Waals surface area contributed by atoms with E-state index in [2.05, 4.69) is 15.3 Å². The van der Waals surface area contributed by atoms with Gasteiger partial charge in [0.1, 0.15) is 5.69 Å². The van der Waals surface area contributed by atoms with E-state index < -0.39 is 0 Å². The van der Waals surface area contributed by atoms with Gasteiger partial charge in [-0.1, -0.05) is 24.3 Å². The molecule has 0 bridgehead atoms. The molecule has 0 saturated carbocycles. The van der Waals surface area contributed by atoms with E-state index in [1.54, 1.807) is 20.3 Å². The van der Waals surface area contributed by atoms with Gasteiger partial charge < -0.3 is 24.9 Å². The number of aromatic nitrogens is 2. The summed E-state index contributed by atoms with van der Waals surface area (Å²) in [5.41, 5.74) is 3.30. The predicted molar refractivity (Wildman–Crippen MR) is 112 cm³/mol. The molecule has 0 unspecified atom stereocenters. The molecule has 29 heavy (non-hydrogen) atoms. The van der Waals surface area contributed by atoms with E-state index >= 15 is 0 Å². The molecule has 0 atom stereocenters. The molecule has 0 radical (unpaired) electrons. The molecule has 0 fully saturated rings. The van der Waals surface area contributed by atoms with Gasteiger partial charge in [-0.25, -0.2) is 4.98 Å². The largest absolute Gasteiger partial charge is 0.493 e. The second kappa shape index (κ2) is 7.81. The van der Waals surface area contributed by atoms with Crippen LogP contribution in [-0.4, -0.2) is 48.4 Å². The van der Waals surface area contributed by atoms with Crippen LogP contribution in [0, 0.1) is 0 Å². The first-order chi connectivity index (χ1) is 14.2. The van der Waals surface area contributed by atoms with E-state index in [1.165, 1.54) is 0 Å². The molecule has 4 aromatic rings. The third-order valence-electron chi connectivity index (χ3n) is 4.78. The summed E-state index contributed by atoms with van der Waals surface area (Å²) < 4.78 is 11.0. The zero-order chi connectivity index (χ0) is 20.4. The quantitative estimate of drug-likeness (QED) is 0.469. The highest BCUT2D eigenvalue weighted by Crippen LogP contribution is 2.41. The van der Waals surface area contributed by atoms with Crippen molar-refractivity contribution in [2.24, 2.45) is 0 Å². The monoisotopic (exact) mass is 391 g/mol. The Hall–Kier alpha value is -3.58. The number of aliphatic hydroxyl groups excluding tert-OH is 1. The highest BCUT2D eigenvalue weighted by atomic mass is 16.5. The molecule has 7 heteroatoms. The fourth-order valence-electron chi connectivity index (χ4n) is 3.49. The first-order valence-electron chi connectivity index (χ1n) is 9.19. The summed E-state index contributed by atoms with van der Waals surface area (Å²) in [7, 11) is 3.15. The molecule has 0 aliphatic rings. The second-order valence-electron chi connectivity index (χ2n) is 6.47. The summed E-state index contributed by atoms with van der Waals surface area (Å²) in [5.74, 6) is 0.760. The molecular weight excluding hydrogens is 370 g/mol. The minimum atomic E-state index is -0.352. The summed E-state index contributed by atoms with van der Waals surface area (Å²) in [6.07, 6.45) is 0. The van der Waals surface area contributed by atoms with E-state index in [-0.39, 0.29) is 24.8 Å². The van der Waals surface area contributed by atoms with Gasteiger partial charge in [-0.05, 0) is 24.3 Å². The summed E-state index contributed by atoms with van der Waals surface area (Å²) in [5, 5.41) is 13.6. The number of rotatable bonds is 6. The van der Waals surface area contributed by atoms with Crippen LogP contribution < -0.4 is 14.8 Å². The van der Waals surface area contributed by atoms with E-state index in [0.717, 1.165) is 21.8 Å². The molecule has 148 valence electrons. The van der Waals surface area contributed by atoms with Gasteiger partial charge in [0, 0.05) is 28.4 Å². The third kappa shape index (κ3) is 3.25. The SMILES string of the molecule is COc1cccc(-c2nc(C(=O)NCCO)cc3c2[nH]c2ccccc23)c1OC. The van der Waals surface area contributed by atoms with Crippen molar-refractivity contribution in [1.82, 2.24) is 15.3 Å². The number of pyridine rings is 1. The smallest absolute Gasteiger partial charge is 0.270 e. The van der Waals surface area contributed by atoms with E-state index in [4.69, 9.17) is 14.6 Å². The standard InChI is InChI=1S/C22H21N3O4/c1-28-18-9-5-7-14(21(18)29-2)19-20-15(13-6-3-4-8-16(13)24-20)12-17(25-19)22(27)23-10-11-26/h3-9,12,24,26H,10-11H2,1-2H3,(H,23,27). The maximum atomic E-state index is 12.6. The predicted octanol–water partition coefficient (Wildman–Crippen LogP) is 3.12. The number of nitrogens with one attached hydrogen (secondary N) is 2. The van der Waals surface area contributed by atoms with Crippen molar-refractivity contribution >= 4 is 27.7 Å². The average molecular weight is 391 g/mol. The average Bonchev–Trinajstić information content (AvgIpc) is 3.14. The lowest BCUT2D eigenvalue weighted by atomic mass is 10.0. The molecule has 0 saturated heterocycles. The number of hydrogen-bond acceptors (Lipinski definition) is 5. The minimum Gasteiger partial charge on any atom is -0.493 e. The number of fused-ring (bicyclic) bond motifs is 3. The molecule has 0 aliphatic carbocycles. The lowest BCUT2D eigenvalue weighted by Crippen LogP contribution is -2.27. The lowest BCUT2D eigenvalue weighted by molar-refractivity contribution is 0.0940. The molecule has 7 nitrogen and oxygen atoms in total. The lowest BCUT2D eigenvalue weighted by Gasteiger charge is -2.14. The maximum absolute atomic E-state index is 12.6. The van der Waals surface area contributed by atoms with Crippen LogP contribution in [-0.2, 0) is 0 Å². The molecule has 1 amide bonds. The van der Waals surface area contributed by atoms with Gasteiger partial charge in [0.05, 0.1) is 32.0 Å². The molecule has 2 heterocycles. The number of benzene rings is 2. The van der Waals surface area contributed by atoms with Crippen LogP contribution in [0.4, 0.5) is 0 Å². The molecular formula is C22H21N3O4. The summed E-state index contributed by atoms with van der Waals surface area (Å²) in [6.45, 7) is 0.0158. The van der Waals surface area contributed by atoms with Crippen molar-refractivity contribution in [1.29, 1.82) is 0 Å². The van der Waals surface area contributed by atoms with Crippen molar-refractivity contribution in [3.63, 3.8) is 0 Å². The zero-order valence-electron chi connectivity index (χ0n) is 16.2. The van der Waals surface area contributed by atoms with Gasteiger partial charge in [0.15, 0.2) is 11.5 Å². The Morgan fingerprint density at radius 1 is 1.10 bits per heavy atom. The highest BCUT2D eigenvalue weighted by Gasteiger charge is 2.20. The van der Waals surface area contributed by atoms with Crippen LogP contribution in [0.15, 0.2) is 48.5 Å². The van der Waals surface area contributed by atoms with Crippen LogP contribution in [0.2, 0.25) is 0 Å². The van der Waals surface area contributed by atoms with Crippen molar-refractivity contribution < 1.29 is 19.4 Å². The number of para-hydroxylation sites is 2. The van der Waals surface area contributed by atoms with Gasteiger partial charge in [0.25, 0.3) is 5.91 Å². The topological polar surface area (TPSA) is 96.5 Å². The number of aliphatic hydroxyl groups is 1. The fraction of sp³-hybridized carbons (Fsp3) is 0.182. The van der Waals surface area contributed by atoms with Gasteiger partial charge in [-0.2, -0.15) is 0 Å². The van der Waals surface area contributed by atoms with Crippen molar-refractivity contribution in [2.45, 2.75) is 0 Å².